The van der Waals surface area contributed by atoms with E-state index in [0.29, 0.717) is 6.04 Å². The molecule has 0 fully saturated rings. The minimum absolute atomic E-state index is 0.487. The molecule has 1 rings (SSSR count). The first kappa shape index (κ1) is 14.2. The number of aryl methyl sites for hydroxylation is 1. The zero-order valence-electron chi connectivity index (χ0n) is 11.6. The molecule has 1 atom stereocenters. The molecule has 0 spiro atoms. The van der Waals surface area contributed by atoms with Crippen LogP contribution in [0.2, 0.25) is 0 Å². The Labute approximate surface area is 106 Å². The van der Waals surface area contributed by atoms with Crippen molar-refractivity contribution in [2.75, 3.05) is 6.54 Å². The van der Waals surface area contributed by atoms with Gasteiger partial charge in [-0.3, -0.25) is 4.68 Å². The number of hydrogen-bond acceptors (Lipinski definition) is 2. The standard InChI is InChI=1S/C14H27N3/c1-4-7-8-14(15-9-5-2)13-11-16-17(12-13)10-6-3/h11-12,14-15H,4-10H2,1-3H3. The Kier molecular flexibility index (Phi) is 6.94. The molecule has 1 heterocycles. The van der Waals surface area contributed by atoms with Gasteiger partial charge in [0.05, 0.1) is 6.20 Å². The Morgan fingerprint density at radius 2 is 2.06 bits per heavy atom. The van der Waals surface area contributed by atoms with Crippen LogP contribution in [-0.4, -0.2) is 16.3 Å². The Morgan fingerprint density at radius 1 is 1.24 bits per heavy atom. The second-order valence-corrected chi connectivity index (χ2v) is 4.69. The molecule has 0 aliphatic carbocycles. The van der Waals surface area contributed by atoms with Crippen molar-refractivity contribution in [3.63, 3.8) is 0 Å². The molecule has 1 unspecified atom stereocenters. The molecule has 0 radical (unpaired) electrons. The Morgan fingerprint density at radius 3 is 2.71 bits per heavy atom. The van der Waals surface area contributed by atoms with Crippen LogP contribution in [0.3, 0.4) is 0 Å². The lowest BCUT2D eigenvalue weighted by molar-refractivity contribution is 0.480. The van der Waals surface area contributed by atoms with E-state index < -0.39 is 0 Å². The molecule has 0 aliphatic rings. The van der Waals surface area contributed by atoms with Gasteiger partial charge in [0.1, 0.15) is 0 Å². The topological polar surface area (TPSA) is 29.9 Å². The minimum Gasteiger partial charge on any atom is -0.310 e. The van der Waals surface area contributed by atoms with Crippen molar-refractivity contribution in [1.82, 2.24) is 15.1 Å². The summed E-state index contributed by atoms with van der Waals surface area (Å²) in [5.74, 6) is 0. The van der Waals surface area contributed by atoms with Gasteiger partial charge in [-0.15, -0.1) is 0 Å². The lowest BCUT2D eigenvalue weighted by Gasteiger charge is -2.16. The average molecular weight is 237 g/mol. The molecule has 17 heavy (non-hydrogen) atoms. The third-order valence-corrected chi connectivity index (χ3v) is 3.00. The molecule has 1 N–H and O–H groups in total. The second kappa shape index (κ2) is 8.29. The van der Waals surface area contributed by atoms with Gasteiger partial charge in [-0.2, -0.15) is 5.10 Å². The highest BCUT2D eigenvalue weighted by atomic mass is 15.3. The van der Waals surface area contributed by atoms with E-state index in [-0.39, 0.29) is 0 Å². The van der Waals surface area contributed by atoms with Gasteiger partial charge in [0.15, 0.2) is 0 Å². The van der Waals surface area contributed by atoms with E-state index >= 15 is 0 Å². The summed E-state index contributed by atoms with van der Waals surface area (Å²) in [5.41, 5.74) is 1.35. The van der Waals surface area contributed by atoms with Crippen molar-refractivity contribution in [3.05, 3.63) is 18.0 Å². The average Bonchev–Trinajstić information content (AvgIpc) is 2.78. The summed E-state index contributed by atoms with van der Waals surface area (Å²) in [7, 11) is 0. The molecule has 3 heteroatoms. The van der Waals surface area contributed by atoms with Crippen LogP contribution >= 0.6 is 0 Å². The molecule has 98 valence electrons. The summed E-state index contributed by atoms with van der Waals surface area (Å²) in [6, 6.07) is 0.487. The number of rotatable bonds is 9. The first-order valence-corrected chi connectivity index (χ1v) is 7.07. The molecule has 0 saturated carbocycles. The molecule has 0 bridgehead atoms. The van der Waals surface area contributed by atoms with Crippen LogP contribution in [-0.2, 0) is 6.54 Å². The van der Waals surface area contributed by atoms with Gasteiger partial charge in [0, 0.05) is 24.3 Å². The fraction of sp³-hybridized carbons (Fsp3) is 0.786. The highest BCUT2D eigenvalue weighted by molar-refractivity contribution is 5.10. The highest BCUT2D eigenvalue weighted by Gasteiger charge is 2.11. The van der Waals surface area contributed by atoms with Crippen LogP contribution in [0.25, 0.3) is 0 Å². The van der Waals surface area contributed by atoms with E-state index in [1.807, 2.05) is 6.20 Å². The minimum atomic E-state index is 0.487. The SMILES string of the molecule is CCCCC(NCCC)c1cnn(CCC)c1. The predicted octanol–water partition coefficient (Wildman–Crippen LogP) is 3.52. The van der Waals surface area contributed by atoms with Gasteiger partial charge in [0.2, 0.25) is 0 Å². The van der Waals surface area contributed by atoms with E-state index in [4.69, 9.17) is 0 Å². The maximum Gasteiger partial charge on any atom is 0.0537 e. The maximum atomic E-state index is 4.42. The molecular weight excluding hydrogens is 210 g/mol. The number of hydrogen-bond donors (Lipinski definition) is 1. The number of nitrogens with one attached hydrogen (secondary N) is 1. The van der Waals surface area contributed by atoms with Crippen LogP contribution in [0.15, 0.2) is 12.4 Å². The number of unbranched alkanes of at least 4 members (excludes halogenated alkanes) is 1. The van der Waals surface area contributed by atoms with Gasteiger partial charge in [0.25, 0.3) is 0 Å². The summed E-state index contributed by atoms with van der Waals surface area (Å²) < 4.78 is 2.06. The van der Waals surface area contributed by atoms with Crippen molar-refractivity contribution in [3.8, 4) is 0 Å². The molecule has 0 aliphatic heterocycles. The summed E-state index contributed by atoms with van der Waals surface area (Å²) in [6.07, 6.45) is 10.3. The predicted molar refractivity (Wildman–Crippen MR) is 73.1 cm³/mol. The van der Waals surface area contributed by atoms with Crippen LogP contribution in [0.4, 0.5) is 0 Å². The smallest absolute Gasteiger partial charge is 0.0537 e. The van der Waals surface area contributed by atoms with Gasteiger partial charge >= 0.3 is 0 Å². The molecule has 0 amide bonds. The third-order valence-electron chi connectivity index (χ3n) is 3.00. The van der Waals surface area contributed by atoms with E-state index in [2.05, 4.69) is 42.1 Å². The van der Waals surface area contributed by atoms with Crippen molar-refractivity contribution in [1.29, 1.82) is 0 Å². The van der Waals surface area contributed by atoms with E-state index in [1.54, 1.807) is 0 Å². The summed E-state index contributed by atoms with van der Waals surface area (Å²) in [6.45, 7) is 8.76. The Balaban J connectivity index is 2.58. The fourth-order valence-electron chi connectivity index (χ4n) is 2.02. The lowest BCUT2D eigenvalue weighted by Crippen LogP contribution is -2.21. The Hall–Kier alpha value is -0.830. The quantitative estimate of drug-likeness (QED) is 0.712. The van der Waals surface area contributed by atoms with Crippen molar-refractivity contribution in [2.24, 2.45) is 0 Å². The van der Waals surface area contributed by atoms with Gasteiger partial charge in [-0.05, 0) is 25.8 Å². The van der Waals surface area contributed by atoms with Crippen molar-refractivity contribution < 1.29 is 0 Å². The maximum absolute atomic E-state index is 4.42. The summed E-state index contributed by atoms with van der Waals surface area (Å²) in [4.78, 5) is 0. The molecule has 0 saturated heterocycles. The van der Waals surface area contributed by atoms with Crippen LogP contribution < -0.4 is 5.32 Å². The molecule has 0 aromatic carbocycles. The number of nitrogens with zero attached hydrogens (tertiary/aromatic N) is 2. The monoisotopic (exact) mass is 237 g/mol. The Bertz CT molecular complexity index is 285. The van der Waals surface area contributed by atoms with E-state index in [1.165, 1.54) is 31.2 Å². The number of aromatic nitrogens is 2. The van der Waals surface area contributed by atoms with Gasteiger partial charge in [-0.1, -0.05) is 33.6 Å². The lowest BCUT2D eigenvalue weighted by atomic mass is 10.0. The molecule has 1 aromatic rings. The first-order valence-electron chi connectivity index (χ1n) is 7.07. The molecule has 3 nitrogen and oxygen atoms in total. The zero-order valence-corrected chi connectivity index (χ0v) is 11.6. The van der Waals surface area contributed by atoms with Crippen LogP contribution in [0.1, 0.15) is 64.5 Å². The molecular formula is C14H27N3. The zero-order chi connectivity index (χ0) is 12.5. The van der Waals surface area contributed by atoms with E-state index in [9.17, 15) is 0 Å². The van der Waals surface area contributed by atoms with Crippen LogP contribution in [0.5, 0.6) is 0 Å². The summed E-state index contributed by atoms with van der Waals surface area (Å²) in [5, 5.41) is 8.04. The second-order valence-electron chi connectivity index (χ2n) is 4.69. The van der Waals surface area contributed by atoms with Crippen LogP contribution in [0, 0.1) is 0 Å². The molecule has 1 aromatic heterocycles. The third kappa shape index (κ3) is 4.90. The fourth-order valence-corrected chi connectivity index (χ4v) is 2.02. The largest absolute Gasteiger partial charge is 0.310 e. The van der Waals surface area contributed by atoms with Gasteiger partial charge < -0.3 is 5.32 Å². The highest BCUT2D eigenvalue weighted by Crippen LogP contribution is 2.18. The van der Waals surface area contributed by atoms with Crippen molar-refractivity contribution in [2.45, 2.75) is 65.5 Å². The summed E-state index contributed by atoms with van der Waals surface area (Å²) >= 11 is 0. The van der Waals surface area contributed by atoms with Crippen molar-refractivity contribution >= 4 is 0 Å². The first-order chi connectivity index (χ1) is 8.31. The van der Waals surface area contributed by atoms with E-state index in [0.717, 1.165) is 19.5 Å². The normalized spacial score (nSPS) is 12.9. The van der Waals surface area contributed by atoms with Gasteiger partial charge in [-0.25, -0.2) is 0 Å².